The van der Waals surface area contributed by atoms with E-state index in [0.29, 0.717) is 11.5 Å². The maximum Gasteiger partial charge on any atom is 0.349 e. The molecule has 0 N–H and O–H groups in total. The van der Waals surface area contributed by atoms with E-state index in [-0.39, 0.29) is 5.97 Å². The number of hydrogen-bond acceptors (Lipinski definition) is 4. The average Bonchev–Trinajstić information content (AvgIpc) is 2.98. The molecule has 0 radical (unpaired) electrons. The second-order valence-corrected chi connectivity index (χ2v) is 5.63. The molecule has 0 aliphatic heterocycles. The van der Waals surface area contributed by atoms with Gasteiger partial charge in [0.1, 0.15) is 4.88 Å². The highest BCUT2D eigenvalue weighted by atomic mass is 32.1. The van der Waals surface area contributed by atoms with Crippen LogP contribution in [0.2, 0.25) is 0 Å². The topological polar surface area (TPSA) is 43.6 Å². The number of nitrogens with zero attached hydrogens (tertiary/aromatic N) is 2. The van der Waals surface area contributed by atoms with Gasteiger partial charge in [0.05, 0.1) is 6.61 Å². The van der Waals surface area contributed by atoms with Gasteiger partial charge < -0.3 is 4.74 Å². The molecule has 2 heterocycles. The van der Waals surface area contributed by atoms with Gasteiger partial charge in [-0.15, -0.1) is 0 Å². The molecule has 0 amide bonds. The number of rotatable bonds is 8. The molecule has 0 unspecified atom stereocenters. The largest absolute Gasteiger partial charge is 0.461 e. The normalized spacial score (nSPS) is 11.0. The van der Waals surface area contributed by atoms with Crippen LogP contribution in [0.3, 0.4) is 0 Å². The predicted octanol–water partition coefficient (Wildman–Crippen LogP) is 3.91. The van der Waals surface area contributed by atoms with Crippen LogP contribution in [0, 0.1) is 0 Å². The molecule has 0 fully saturated rings. The summed E-state index contributed by atoms with van der Waals surface area (Å²) >= 11 is 1.36. The van der Waals surface area contributed by atoms with Crippen molar-refractivity contribution in [3.63, 3.8) is 0 Å². The van der Waals surface area contributed by atoms with Gasteiger partial charge in [-0.2, -0.15) is 0 Å². The quantitative estimate of drug-likeness (QED) is 0.544. The van der Waals surface area contributed by atoms with Crippen molar-refractivity contribution in [3.05, 3.63) is 23.5 Å². The summed E-state index contributed by atoms with van der Waals surface area (Å²) < 4.78 is 7.10. The van der Waals surface area contributed by atoms with E-state index < -0.39 is 0 Å². The predicted molar refractivity (Wildman–Crippen MR) is 76.7 cm³/mol. The first-order chi connectivity index (χ1) is 9.31. The van der Waals surface area contributed by atoms with E-state index in [9.17, 15) is 4.79 Å². The monoisotopic (exact) mass is 280 g/mol. The fourth-order valence-electron chi connectivity index (χ4n) is 1.94. The van der Waals surface area contributed by atoms with Crippen molar-refractivity contribution in [2.45, 2.75) is 45.4 Å². The number of hydrogen-bond donors (Lipinski definition) is 0. The Hall–Kier alpha value is -1.36. The van der Waals surface area contributed by atoms with Crippen molar-refractivity contribution in [3.8, 4) is 0 Å². The molecule has 19 heavy (non-hydrogen) atoms. The van der Waals surface area contributed by atoms with E-state index in [2.05, 4.69) is 11.9 Å². The van der Waals surface area contributed by atoms with Crippen LogP contribution in [0.1, 0.15) is 55.1 Å². The molecule has 2 aromatic rings. The van der Waals surface area contributed by atoms with E-state index in [1.807, 2.05) is 10.6 Å². The molecule has 104 valence electrons. The smallest absolute Gasteiger partial charge is 0.349 e. The van der Waals surface area contributed by atoms with Crippen LogP contribution in [0.4, 0.5) is 0 Å². The van der Waals surface area contributed by atoms with Crippen LogP contribution in [-0.2, 0) is 4.74 Å². The lowest BCUT2D eigenvalue weighted by atomic mass is 10.1. The van der Waals surface area contributed by atoms with E-state index in [1.165, 1.54) is 37.0 Å². The van der Waals surface area contributed by atoms with Gasteiger partial charge in [-0.05, 0) is 6.42 Å². The number of imidazole rings is 1. The fourth-order valence-corrected chi connectivity index (χ4v) is 2.78. The summed E-state index contributed by atoms with van der Waals surface area (Å²) in [6.07, 6.45) is 12.5. The molecule has 0 saturated carbocycles. The highest BCUT2D eigenvalue weighted by molar-refractivity contribution is 7.18. The van der Waals surface area contributed by atoms with E-state index in [1.54, 1.807) is 12.4 Å². The van der Waals surface area contributed by atoms with Gasteiger partial charge in [-0.3, -0.25) is 4.40 Å². The van der Waals surface area contributed by atoms with Crippen molar-refractivity contribution >= 4 is 22.3 Å². The second kappa shape index (κ2) is 7.28. The lowest BCUT2D eigenvalue weighted by Crippen LogP contribution is -2.04. The van der Waals surface area contributed by atoms with E-state index in [0.717, 1.165) is 17.8 Å². The Balaban J connectivity index is 1.66. The van der Waals surface area contributed by atoms with Crippen LogP contribution < -0.4 is 0 Å². The lowest BCUT2D eigenvalue weighted by Gasteiger charge is -2.02. The third kappa shape index (κ3) is 4.06. The molecule has 0 aliphatic rings. The zero-order valence-corrected chi connectivity index (χ0v) is 12.1. The molecule has 0 aromatic carbocycles. The number of aromatic nitrogens is 2. The Bertz CT molecular complexity index is 490. The fraction of sp³-hybridized carbons (Fsp3) is 0.571. The highest BCUT2D eigenvalue weighted by Gasteiger charge is 2.11. The second-order valence-electron chi connectivity index (χ2n) is 4.62. The van der Waals surface area contributed by atoms with Gasteiger partial charge in [0.15, 0.2) is 4.96 Å². The van der Waals surface area contributed by atoms with Crippen molar-refractivity contribution < 1.29 is 9.53 Å². The van der Waals surface area contributed by atoms with Crippen molar-refractivity contribution in [2.24, 2.45) is 0 Å². The molecular formula is C14H20N2O2S. The first kappa shape index (κ1) is 14.1. The maximum absolute atomic E-state index is 11.8. The molecule has 5 heteroatoms. The molecule has 0 spiro atoms. The van der Waals surface area contributed by atoms with Crippen molar-refractivity contribution in [1.29, 1.82) is 0 Å². The van der Waals surface area contributed by atoms with Crippen LogP contribution in [0.25, 0.3) is 4.96 Å². The summed E-state index contributed by atoms with van der Waals surface area (Å²) in [7, 11) is 0. The highest BCUT2D eigenvalue weighted by Crippen LogP contribution is 2.17. The summed E-state index contributed by atoms with van der Waals surface area (Å²) in [5.41, 5.74) is 0. The zero-order valence-electron chi connectivity index (χ0n) is 11.3. The number of thiazole rings is 1. The molecule has 2 aromatic heterocycles. The Morgan fingerprint density at radius 2 is 2.11 bits per heavy atom. The number of ether oxygens (including phenoxy) is 1. The number of carbonyl (C=O) groups excluding carboxylic acids is 1. The SMILES string of the molecule is CCCCCCCCOC(=O)c1cn2ccnc2s1. The Kier molecular flexibility index (Phi) is 5.39. The van der Waals surface area contributed by atoms with Crippen molar-refractivity contribution in [1.82, 2.24) is 9.38 Å². The Morgan fingerprint density at radius 3 is 2.89 bits per heavy atom. The summed E-state index contributed by atoms with van der Waals surface area (Å²) in [6.45, 7) is 2.73. The van der Waals surface area contributed by atoms with Gasteiger partial charge in [0.2, 0.25) is 0 Å². The summed E-state index contributed by atoms with van der Waals surface area (Å²) in [4.78, 5) is 17.4. The van der Waals surface area contributed by atoms with E-state index in [4.69, 9.17) is 4.74 Å². The summed E-state index contributed by atoms with van der Waals surface area (Å²) in [5.74, 6) is -0.232. The molecule has 0 atom stereocenters. The molecule has 0 bridgehead atoms. The summed E-state index contributed by atoms with van der Waals surface area (Å²) in [6, 6.07) is 0. The minimum atomic E-state index is -0.232. The minimum absolute atomic E-state index is 0.232. The number of carbonyl (C=O) groups is 1. The van der Waals surface area contributed by atoms with Crippen LogP contribution >= 0.6 is 11.3 Å². The average molecular weight is 280 g/mol. The molecule has 0 aliphatic carbocycles. The standard InChI is InChI=1S/C14H20N2O2S/c1-2-3-4-5-6-7-10-18-13(17)12-11-16-9-8-15-14(16)19-12/h8-9,11H,2-7,10H2,1H3. The van der Waals surface area contributed by atoms with Crippen LogP contribution in [0.15, 0.2) is 18.6 Å². The zero-order chi connectivity index (χ0) is 13.5. The Labute approximate surface area is 117 Å². The number of esters is 1. The molecule has 2 rings (SSSR count). The first-order valence-corrected chi connectivity index (χ1v) is 7.72. The van der Waals surface area contributed by atoms with Gasteiger partial charge in [0, 0.05) is 18.6 Å². The summed E-state index contributed by atoms with van der Waals surface area (Å²) in [5, 5.41) is 0. The minimum Gasteiger partial charge on any atom is -0.461 e. The van der Waals surface area contributed by atoms with Crippen LogP contribution in [-0.4, -0.2) is 22.0 Å². The number of unbranched alkanes of at least 4 members (excludes halogenated alkanes) is 5. The van der Waals surface area contributed by atoms with Gasteiger partial charge in [-0.25, -0.2) is 9.78 Å². The Morgan fingerprint density at radius 1 is 1.32 bits per heavy atom. The third-order valence-electron chi connectivity index (χ3n) is 3.02. The van der Waals surface area contributed by atoms with Crippen LogP contribution in [0.5, 0.6) is 0 Å². The first-order valence-electron chi connectivity index (χ1n) is 6.91. The third-order valence-corrected chi connectivity index (χ3v) is 4.01. The maximum atomic E-state index is 11.8. The van der Waals surface area contributed by atoms with Gasteiger partial charge >= 0.3 is 5.97 Å². The van der Waals surface area contributed by atoms with Crippen molar-refractivity contribution in [2.75, 3.05) is 6.61 Å². The lowest BCUT2D eigenvalue weighted by molar-refractivity contribution is 0.0503. The van der Waals surface area contributed by atoms with E-state index >= 15 is 0 Å². The molecular weight excluding hydrogens is 260 g/mol. The van der Waals surface area contributed by atoms with Gasteiger partial charge in [-0.1, -0.05) is 50.4 Å². The molecule has 4 nitrogen and oxygen atoms in total. The number of fused-ring (bicyclic) bond motifs is 1. The van der Waals surface area contributed by atoms with Gasteiger partial charge in [0.25, 0.3) is 0 Å². The molecule has 0 saturated heterocycles.